The molecule has 1 fully saturated rings. The van der Waals surface area contributed by atoms with Crippen LogP contribution in [0.4, 0.5) is 0 Å². The highest BCUT2D eigenvalue weighted by atomic mass is 32.2. The Morgan fingerprint density at radius 3 is 2.42 bits per heavy atom. The van der Waals surface area contributed by atoms with Gasteiger partial charge in [0.25, 0.3) is 5.89 Å². The maximum atomic E-state index is 12.9. The molecule has 31 heavy (non-hydrogen) atoms. The third kappa shape index (κ3) is 5.12. The van der Waals surface area contributed by atoms with Gasteiger partial charge >= 0.3 is 0 Å². The summed E-state index contributed by atoms with van der Waals surface area (Å²) in [6.45, 7) is 1.54. The van der Waals surface area contributed by atoms with Crippen molar-refractivity contribution in [1.29, 1.82) is 0 Å². The minimum absolute atomic E-state index is 0.0638. The summed E-state index contributed by atoms with van der Waals surface area (Å²) in [4.78, 5) is 4.71. The number of ether oxygens (including phenoxy) is 2. The second-order valence-corrected chi connectivity index (χ2v) is 9.32. The SMILES string of the molecule is COc1ccc(S(=O)(=O)N2CCC(c3noc(COCc4ccccc4)n3)CC2)cc1. The van der Waals surface area contributed by atoms with Crippen LogP contribution in [0.3, 0.4) is 0 Å². The molecular formula is C22H25N3O5S. The van der Waals surface area contributed by atoms with Crippen molar-refractivity contribution >= 4 is 10.0 Å². The molecule has 1 aliphatic rings. The van der Waals surface area contributed by atoms with Crippen LogP contribution < -0.4 is 4.74 Å². The molecule has 0 N–H and O–H groups in total. The van der Waals surface area contributed by atoms with E-state index in [2.05, 4.69) is 10.1 Å². The third-order valence-electron chi connectivity index (χ3n) is 5.34. The van der Waals surface area contributed by atoms with Gasteiger partial charge in [0, 0.05) is 19.0 Å². The predicted octanol–water partition coefficient (Wildman–Crippen LogP) is 3.36. The van der Waals surface area contributed by atoms with Crippen LogP contribution in [0.1, 0.15) is 36.0 Å². The number of methoxy groups -OCH3 is 1. The lowest BCUT2D eigenvalue weighted by Crippen LogP contribution is -2.38. The molecule has 0 atom stereocenters. The summed E-state index contributed by atoms with van der Waals surface area (Å²) in [5.74, 6) is 1.73. The van der Waals surface area contributed by atoms with Crippen LogP contribution in [-0.4, -0.2) is 43.1 Å². The summed E-state index contributed by atoms with van der Waals surface area (Å²) >= 11 is 0. The van der Waals surface area contributed by atoms with Crippen molar-refractivity contribution in [2.24, 2.45) is 0 Å². The van der Waals surface area contributed by atoms with Crippen molar-refractivity contribution < 1.29 is 22.4 Å². The number of sulfonamides is 1. The number of hydrogen-bond acceptors (Lipinski definition) is 7. The fraction of sp³-hybridized carbons (Fsp3) is 0.364. The average Bonchev–Trinajstić information content (AvgIpc) is 3.29. The topological polar surface area (TPSA) is 94.8 Å². The maximum absolute atomic E-state index is 12.9. The minimum atomic E-state index is -3.53. The molecule has 0 bridgehead atoms. The van der Waals surface area contributed by atoms with Crippen LogP contribution in [0.2, 0.25) is 0 Å². The Morgan fingerprint density at radius 1 is 1.03 bits per heavy atom. The lowest BCUT2D eigenvalue weighted by Gasteiger charge is -2.29. The van der Waals surface area contributed by atoms with Crippen LogP contribution in [0.5, 0.6) is 5.75 Å². The lowest BCUT2D eigenvalue weighted by atomic mass is 9.98. The van der Waals surface area contributed by atoms with E-state index in [-0.39, 0.29) is 17.4 Å². The van der Waals surface area contributed by atoms with Gasteiger partial charge in [-0.05, 0) is 42.7 Å². The normalized spacial score (nSPS) is 15.8. The predicted molar refractivity (Wildman–Crippen MR) is 113 cm³/mol. The van der Waals surface area contributed by atoms with E-state index < -0.39 is 10.0 Å². The zero-order chi connectivity index (χ0) is 21.7. The highest BCUT2D eigenvalue weighted by molar-refractivity contribution is 7.89. The van der Waals surface area contributed by atoms with Crippen LogP contribution in [0.25, 0.3) is 0 Å². The fourth-order valence-electron chi connectivity index (χ4n) is 3.57. The summed E-state index contributed by atoms with van der Waals surface area (Å²) < 4.78 is 43.3. The van der Waals surface area contributed by atoms with Gasteiger partial charge in [-0.3, -0.25) is 0 Å². The molecule has 2 aromatic carbocycles. The molecule has 0 spiro atoms. The minimum Gasteiger partial charge on any atom is -0.497 e. The molecule has 8 nitrogen and oxygen atoms in total. The second kappa shape index (κ2) is 9.59. The third-order valence-corrected chi connectivity index (χ3v) is 7.25. The molecule has 9 heteroatoms. The van der Waals surface area contributed by atoms with Gasteiger partial charge in [-0.2, -0.15) is 9.29 Å². The number of hydrogen-bond donors (Lipinski definition) is 0. The average molecular weight is 444 g/mol. The molecule has 1 saturated heterocycles. The van der Waals surface area contributed by atoms with E-state index in [1.807, 2.05) is 30.3 Å². The van der Waals surface area contributed by atoms with E-state index in [4.69, 9.17) is 14.0 Å². The molecule has 2 heterocycles. The monoisotopic (exact) mass is 443 g/mol. The number of benzene rings is 2. The van der Waals surface area contributed by atoms with Gasteiger partial charge in [0.05, 0.1) is 18.6 Å². The fourth-order valence-corrected chi connectivity index (χ4v) is 5.04. The van der Waals surface area contributed by atoms with Gasteiger partial charge in [-0.15, -0.1) is 0 Å². The molecule has 0 amide bonds. The Morgan fingerprint density at radius 2 is 1.74 bits per heavy atom. The van der Waals surface area contributed by atoms with Crippen LogP contribution >= 0.6 is 0 Å². The molecule has 3 aromatic rings. The van der Waals surface area contributed by atoms with Crippen molar-refractivity contribution in [2.45, 2.75) is 36.9 Å². The van der Waals surface area contributed by atoms with E-state index in [0.29, 0.717) is 50.0 Å². The highest BCUT2D eigenvalue weighted by Gasteiger charge is 2.31. The first kappa shape index (κ1) is 21.5. The Balaban J connectivity index is 1.30. The van der Waals surface area contributed by atoms with E-state index in [1.54, 1.807) is 31.4 Å². The van der Waals surface area contributed by atoms with Crippen molar-refractivity contribution in [3.8, 4) is 5.75 Å². The molecule has 4 rings (SSSR count). The lowest BCUT2D eigenvalue weighted by molar-refractivity contribution is 0.0850. The first-order valence-electron chi connectivity index (χ1n) is 10.1. The smallest absolute Gasteiger partial charge is 0.252 e. The van der Waals surface area contributed by atoms with Crippen LogP contribution in [0.15, 0.2) is 64.0 Å². The first-order chi connectivity index (χ1) is 15.1. The molecule has 164 valence electrons. The van der Waals surface area contributed by atoms with E-state index >= 15 is 0 Å². The molecule has 0 radical (unpaired) electrons. The van der Waals surface area contributed by atoms with Gasteiger partial charge < -0.3 is 14.0 Å². The zero-order valence-corrected chi connectivity index (χ0v) is 18.1. The number of nitrogens with zero attached hydrogens (tertiary/aromatic N) is 3. The molecule has 0 saturated carbocycles. The van der Waals surface area contributed by atoms with Crippen molar-refractivity contribution in [3.63, 3.8) is 0 Å². The van der Waals surface area contributed by atoms with Crippen LogP contribution in [0, 0.1) is 0 Å². The van der Waals surface area contributed by atoms with Gasteiger partial charge in [0.1, 0.15) is 12.4 Å². The molecule has 1 aliphatic heterocycles. The van der Waals surface area contributed by atoms with Crippen LogP contribution in [-0.2, 0) is 28.0 Å². The van der Waals surface area contributed by atoms with Gasteiger partial charge in [-0.25, -0.2) is 8.42 Å². The Kier molecular flexibility index (Phi) is 6.64. The zero-order valence-electron chi connectivity index (χ0n) is 17.3. The summed E-state index contributed by atoms with van der Waals surface area (Å²) in [5, 5.41) is 4.08. The van der Waals surface area contributed by atoms with Crippen molar-refractivity contribution in [3.05, 3.63) is 71.9 Å². The summed E-state index contributed by atoms with van der Waals surface area (Å²) in [6.07, 6.45) is 1.28. The van der Waals surface area contributed by atoms with Crippen molar-refractivity contribution in [1.82, 2.24) is 14.4 Å². The summed E-state index contributed by atoms with van der Waals surface area (Å²) in [6, 6.07) is 16.3. The quantitative estimate of drug-likeness (QED) is 0.527. The highest BCUT2D eigenvalue weighted by Crippen LogP contribution is 2.29. The molecular weight excluding hydrogens is 418 g/mol. The van der Waals surface area contributed by atoms with E-state index in [1.165, 1.54) is 4.31 Å². The second-order valence-electron chi connectivity index (χ2n) is 7.38. The van der Waals surface area contributed by atoms with Crippen molar-refractivity contribution in [2.75, 3.05) is 20.2 Å². The van der Waals surface area contributed by atoms with Gasteiger partial charge in [0.15, 0.2) is 5.82 Å². The van der Waals surface area contributed by atoms with E-state index in [0.717, 1.165) is 5.56 Å². The summed E-state index contributed by atoms with van der Waals surface area (Å²) in [7, 11) is -1.98. The summed E-state index contributed by atoms with van der Waals surface area (Å²) in [5.41, 5.74) is 1.08. The molecule has 1 aromatic heterocycles. The molecule has 0 aliphatic carbocycles. The Labute approximate surface area is 181 Å². The Hall–Kier alpha value is -2.75. The standard InChI is InChI=1S/C22H25N3O5S/c1-28-19-7-9-20(10-8-19)31(26,27)25-13-11-18(12-14-25)22-23-21(30-24-22)16-29-15-17-5-3-2-4-6-17/h2-10,18H,11-16H2,1H3. The largest absolute Gasteiger partial charge is 0.497 e. The molecule has 0 unspecified atom stereocenters. The van der Waals surface area contributed by atoms with E-state index in [9.17, 15) is 8.42 Å². The number of aromatic nitrogens is 2. The number of piperidine rings is 1. The maximum Gasteiger partial charge on any atom is 0.252 e. The number of rotatable bonds is 8. The Bertz CT molecular complexity index is 1080. The van der Waals surface area contributed by atoms with Gasteiger partial charge in [-0.1, -0.05) is 35.5 Å². The van der Waals surface area contributed by atoms with Gasteiger partial charge in [0.2, 0.25) is 10.0 Å². The first-order valence-corrected chi connectivity index (χ1v) is 11.6.